The average Bonchev–Trinajstić information content (AvgIpc) is 3.29. The van der Waals surface area contributed by atoms with Gasteiger partial charge in [-0.2, -0.15) is 0 Å². The van der Waals surface area contributed by atoms with E-state index in [1.807, 2.05) is 6.08 Å². The molecule has 3 unspecified atom stereocenters. The van der Waals surface area contributed by atoms with Gasteiger partial charge in [0.25, 0.3) is 0 Å². The number of esters is 1. The van der Waals surface area contributed by atoms with Gasteiger partial charge in [0, 0.05) is 12.8 Å². The highest BCUT2D eigenvalue weighted by molar-refractivity contribution is 5.77. The molecule has 6 heteroatoms. The normalized spacial score (nSPS) is 13.6. The number of nitrogens with one attached hydrogen (secondary N) is 1. The molecule has 3 atom stereocenters. The monoisotopic (exact) mass is 896 g/mol. The van der Waals surface area contributed by atoms with Gasteiger partial charge in [-0.3, -0.25) is 9.59 Å². The third kappa shape index (κ3) is 46.1. The fourth-order valence-electron chi connectivity index (χ4n) is 8.11. The third-order valence-corrected chi connectivity index (χ3v) is 12.3. The summed E-state index contributed by atoms with van der Waals surface area (Å²) < 4.78 is 5.88. The summed E-state index contributed by atoms with van der Waals surface area (Å²) in [5, 5.41) is 23.7. The Labute approximate surface area is 397 Å². The van der Waals surface area contributed by atoms with Gasteiger partial charge in [-0.15, -0.1) is 0 Å². The van der Waals surface area contributed by atoms with E-state index in [1.165, 1.54) is 167 Å². The van der Waals surface area contributed by atoms with Crippen LogP contribution in [0.5, 0.6) is 0 Å². The second-order valence-electron chi connectivity index (χ2n) is 18.6. The molecule has 0 saturated heterocycles. The lowest BCUT2D eigenvalue weighted by Gasteiger charge is -2.24. The van der Waals surface area contributed by atoms with Crippen LogP contribution in [0.25, 0.3) is 0 Å². The lowest BCUT2D eigenvalue weighted by atomic mass is 10.0. The highest BCUT2D eigenvalue weighted by Gasteiger charge is 2.23. The summed E-state index contributed by atoms with van der Waals surface area (Å²) in [7, 11) is 0. The summed E-state index contributed by atoms with van der Waals surface area (Å²) >= 11 is 0. The molecule has 0 bridgehead atoms. The van der Waals surface area contributed by atoms with Gasteiger partial charge in [-0.1, -0.05) is 242 Å². The smallest absolute Gasteiger partial charge is 0.306 e. The Morgan fingerprint density at radius 3 is 1.30 bits per heavy atom. The van der Waals surface area contributed by atoms with E-state index in [-0.39, 0.29) is 24.9 Å². The number of unbranched alkanes of at least 4 members (excludes halogenated alkanes) is 28. The van der Waals surface area contributed by atoms with Crippen LogP contribution in [0.4, 0.5) is 0 Å². The van der Waals surface area contributed by atoms with Crippen LogP contribution in [-0.4, -0.2) is 46.9 Å². The zero-order valence-electron chi connectivity index (χ0n) is 42.4. The molecule has 0 rings (SSSR count). The average molecular weight is 896 g/mol. The van der Waals surface area contributed by atoms with Gasteiger partial charge in [0.15, 0.2) is 0 Å². The van der Waals surface area contributed by atoms with E-state index >= 15 is 0 Å². The van der Waals surface area contributed by atoms with E-state index in [2.05, 4.69) is 80.8 Å². The molecule has 0 fully saturated rings. The summed E-state index contributed by atoms with van der Waals surface area (Å²) in [6, 6.07) is -0.731. The number of hydrogen-bond acceptors (Lipinski definition) is 5. The molecule has 372 valence electrons. The molecule has 0 aromatic heterocycles. The number of aliphatic hydroxyl groups is 2. The fraction of sp³-hybridized carbons (Fsp3) is 0.793. The molecule has 0 radical (unpaired) electrons. The number of hydrogen-bond donors (Lipinski definition) is 3. The standard InChI is InChI=1S/C58H105NO5/c1-4-7-10-13-16-19-22-24-26-27-28-29-31-33-36-39-42-45-48-51-58(63)64-54(49-46-43-40-37-35-32-30-25-23-20-17-14-11-8-5-2)52-57(62)59-55(53-60)56(61)50-47-44-41-38-34-21-18-15-12-9-6-3/h17,20,24-26,30,35,37,43,46,54-56,60-61H,4-16,18-19,21-23,27-29,31-34,36,38-42,44-45,47-53H2,1-3H3,(H,59,62)/b20-17-,26-24+,30-25-,37-35-,46-43-. The number of ether oxygens (including phenoxy) is 1. The van der Waals surface area contributed by atoms with Crippen molar-refractivity contribution in [2.24, 2.45) is 0 Å². The first kappa shape index (κ1) is 61.6. The summed E-state index contributed by atoms with van der Waals surface area (Å²) in [6.45, 7) is 6.43. The molecule has 1 amide bonds. The zero-order valence-corrected chi connectivity index (χ0v) is 42.4. The van der Waals surface area contributed by atoms with Crippen LogP contribution < -0.4 is 5.32 Å². The summed E-state index contributed by atoms with van der Waals surface area (Å²) in [5.74, 6) is -0.573. The van der Waals surface area contributed by atoms with Crippen molar-refractivity contribution in [2.75, 3.05) is 6.61 Å². The quantitative estimate of drug-likeness (QED) is 0.0321. The molecule has 0 aromatic carbocycles. The van der Waals surface area contributed by atoms with Crippen molar-refractivity contribution in [3.05, 3.63) is 60.8 Å². The largest absolute Gasteiger partial charge is 0.461 e. The SMILES string of the molecule is CCCCC/C=C\C/C=C\C/C=C\C/C=C\CC(CC(=O)NC(CO)C(O)CCCCCCCCCCCCC)OC(=O)CCCCCCCCCCC/C=C/CCCCCCCC. The molecule has 0 aliphatic rings. The van der Waals surface area contributed by atoms with Gasteiger partial charge in [-0.25, -0.2) is 0 Å². The lowest BCUT2D eigenvalue weighted by Crippen LogP contribution is -2.46. The number of amides is 1. The topological polar surface area (TPSA) is 95.9 Å². The fourth-order valence-corrected chi connectivity index (χ4v) is 8.11. The zero-order chi connectivity index (χ0) is 46.7. The number of allylic oxidation sites excluding steroid dienone is 9. The maximum absolute atomic E-state index is 13.2. The maximum atomic E-state index is 13.2. The van der Waals surface area contributed by atoms with Gasteiger partial charge in [0.05, 0.1) is 25.2 Å². The van der Waals surface area contributed by atoms with Crippen molar-refractivity contribution < 1.29 is 24.5 Å². The number of rotatable bonds is 49. The number of aliphatic hydroxyl groups excluding tert-OH is 2. The Bertz CT molecular complexity index is 1140. The molecular weight excluding hydrogens is 791 g/mol. The molecular formula is C58H105NO5. The van der Waals surface area contributed by atoms with Crippen LogP contribution >= 0.6 is 0 Å². The van der Waals surface area contributed by atoms with Gasteiger partial charge in [-0.05, 0) is 70.6 Å². The number of carbonyl (C=O) groups is 2. The van der Waals surface area contributed by atoms with Crippen LogP contribution in [-0.2, 0) is 14.3 Å². The lowest BCUT2D eigenvalue weighted by molar-refractivity contribution is -0.150. The Balaban J connectivity index is 4.65. The van der Waals surface area contributed by atoms with Crippen LogP contribution in [0.15, 0.2) is 60.8 Å². The van der Waals surface area contributed by atoms with E-state index in [0.29, 0.717) is 19.3 Å². The second kappa shape index (κ2) is 51.5. The van der Waals surface area contributed by atoms with Crippen molar-refractivity contribution >= 4 is 11.9 Å². The minimum Gasteiger partial charge on any atom is -0.461 e. The second-order valence-corrected chi connectivity index (χ2v) is 18.6. The minimum atomic E-state index is -0.811. The first-order valence-corrected chi connectivity index (χ1v) is 27.5. The minimum absolute atomic E-state index is 0.000902. The van der Waals surface area contributed by atoms with E-state index in [9.17, 15) is 19.8 Å². The highest BCUT2D eigenvalue weighted by Crippen LogP contribution is 2.16. The van der Waals surface area contributed by atoms with Crippen LogP contribution in [0.1, 0.15) is 271 Å². The summed E-state index contributed by atoms with van der Waals surface area (Å²) in [4.78, 5) is 26.2. The molecule has 0 aliphatic carbocycles. The number of carbonyl (C=O) groups excluding carboxylic acids is 2. The molecule has 0 spiro atoms. The molecule has 0 aliphatic heterocycles. The maximum Gasteiger partial charge on any atom is 0.306 e. The molecule has 0 heterocycles. The van der Waals surface area contributed by atoms with Crippen LogP contribution in [0, 0.1) is 0 Å². The molecule has 0 aromatic rings. The van der Waals surface area contributed by atoms with Gasteiger partial charge in [0.1, 0.15) is 6.10 Å². The van der Waals surface area contributed by atoms with Crippen molar-refractivity contribution in [3.63, 3.8) is 0 Å². The molecule has 0 saturated carbocycles. The van der Waals surface area contributed by atoms with Crippen molar-refractivity contribution in [2.45, 2.75) is 289 Å². The van der Waals surface area contributed by atoms with Gasteiger partial charge >= 0.3 is 5.97 Å². The van der Waals surface area contributed by atoms with E-state index in [0.717, 1.165) is 57.8 Å². The van der Waals surface area contributed by atoms with Gasteiger partial charge < -0.3 is 20.3 Å². The van der Waals surface area contributed by atoms with Crippen LogP contribution in [0.3, 0.4) is 0 Å². The van der Waals surface area contributed by atoms with Crippen molar-refractivity contribution in [1.29, 1.82) is 0 Å². The van der Waals surface area contributed by atoms with Crippen LogP contribution in [0.2, 0.25) is 0 Å². The first-order chi connectivity index (χ1) is 31.5. The Kier molecular flexibility index (Phi) is 49.6. The molecule has 6 nitrogen and oxygen atoms in total. The molecule has 64 heavy (non-hydrogen) atoms. The van der Waals surface area contributed by atoms with Crippen molar-refractivity contribution in [3.8, 4) is 0 Å². The Morgan fingerprint density at radius 1 is 0.469 bits per heavy atom. The Hall–Kier alpha value is -2.44. The predicted octanol–water partition coefficient (Wildman–Crippen LogP) is 16.8. The Morgan fingerprint density at radius 2 is 0.828 bits per heavy atom. The van der Waals surface area contributed by atoms with E-state index in [4.69, 9.17) is 4.74 Å². The van der Waals surface area contributed by atoms with E-state index in [1.54, 1.807) is 0 Å². The molecule has 3 N–H and O–H groups in total. The first-order valence-electron chi connectivity index (χ1n) is 27.5. The summed E-state index contributed by atoms with van der Waals surface area (Å²) in [6.07, 6.45) is 64.4. The highest BCUT2D eigenvalue weighted by atomic mass is 16.5. The van der Waals surface area contributed by atoms with Gasteiger partial charge in [0.2, 0.25) is 5.91 Å². The van der Waals surface area contributed by atoms with E-state index < -0.39 is 18.2 Å². The van der Waals surface area contributed by atoms with Crippen molar-refractivity contribution in [1.82, 2.24) is 5.32 Å². The third-order valence-electron chi connectivity index (χ3n) is 12.3. The predicted molar refractivity (Wildman–Crippen MR) is 278 cm³/mol. The summed E-state index contributed by atoms with van der Waals surface area (Å²) in [5.41, 5.74) is 0.